The molecular weight excluding hydrogens is 359 g/mol. The Balaban J connectivity index is 1.62. The van der Waals surface area contributed by atoms with Crippen molar-refractivity contribution >= 4 is 17.3 Å². The number of nitrogens with zero attached hydrogens (tertiary/aromatic N) is 3. The normalized spacial score (nSPS) is 14.4. The summed E-state index contributed by atoms with van der Waals surface area (Å²) in [6.07, 6.45) is 1.41. The SMILES string of the molecule is COc1ccccc1N/C=C(/C#N)C(=O)N1CCN(c2ccc(F)cc2)CC1. The Labute approximate surface area is 163 Å². The average Bonchev–Trinajstić information content (AvgIpc) is 2.75. The summed E-state index contributed by atoms with van der Waals surface area (Å²) in [5.41, 5.74) is 1.62. The average molecular weight is 380 g/mol. The van der Waals surface area contributed by atoms with Gasteiger partial charge in [-0.1, -0.05) is 12.1 Å². The number of piperazine rings is 1. The number of nitrogens with one attached hydrogen (secondary N) is 1. The van der Waals surface area contributed by atoms with Crippen molar-refractivity contribution in [1.82, 2.24) is 4.90 Å². The van der Waals surface area contributed by atoms with Gasteiger partial charge in [0.15, 0.2) is 0 Å². The molecule has 6 nitrogen and oxygen atoms in total. The zero-order chi connectivity index (χ0) is 19.9. The number of halogens is 1. The first kappa shape index (κ1) is 19.2. The van der Waals surface area contributed by atoms with E-state index in [1.54, 1.807) is 36.3 Å². The molecule has 0 aliphatic carbocycles. The van der Waals surface area contributed by atoms with Crippen molar-refractivity contribution in [2.24, 2.45) is 0 Å². The highest BCUT2D eigenvalue weighted by molar-refractivity contribution is 5.97. The minimum atomic E-state index is -0.316. The maximum Gasteiger partial charge on any atom is 0.266 e. The van der Waals surface area contributed by atoms with Crippen LogP contribution in [0, 0.1) is 17.1 Å². The van der Waals surface area contributed by atoms with Gasteiger partial charge in [-0.05, 0) is 36.4 Å². The molecule has 1 heterocycles. The van der Waals surface area contributed by atoms with E-state index in [4.69, 9.17) is 4.74 Å². The molecule has 7 heteroatoms. The molecule has 0 radical (unpaired) electrons. The van der Waals surface area contributed by atoms with Crippen LogP contribution in [0.3, 0.4) is 0 Å². The van der Waals surface area contributed by atoms with E-state index in [2.05, 4.69) is 10.2 Å². The summed E-state index contributed by atoms with van der Waals surface area (Å²) < 4.78 is 18.3. The van der Waals surface area contributed by atoms with Crippen molar-refractivity contribution in [3.8, 4) is 11.8 Å². The Bertz CT molecular complexity index is 897. The zero-order valence-corrected chi connectivity index (χ0v) is 15.6. The van der Waals surface area contributed by atoms with Crippen LogP contribution in [0.15, 0.2) is 60.3 Å². The van der Waals surface area contributed by atoms with E-state index < -0.39 is 0 Å². The fourth-order valence-corrected chi connectivity index (χ4v) is 3.05. The van der Waals surface area contributed by atoms with Crippen molar-refractivity contribution in [3.63, 3.8) is 0 Å². The van der Waals surface area contributed by atoms with Gasteiger partial charge in [0.25, 0.3) is 5.91 Å². The summed E-state index contributed by atoms with van der Waals surface area (Å²) in [6, 6.07) is 15.5. The van der Waals surface area contributed by atoms with Crippen molar-refractivity contribution < 1.29 is 13.9 Å². The summed E-state index contributed by atoms with van der Waals surface area (Å²) in [5.74, 6) is 0.0314. The highest BCUT2D eigenvalue weighted by Crippen LogP contribution is 2.23. The second-order valence-electron chi connectivity index (χ2n) is 6.27. The minimum absolute atomic E-state index is 0.0288. The Kier molecular flexibility index (Phi) is 6.12. The first-order valence-electron chi connectivity index (χ1n) is 8.92. The van der Waals surface area contributed by atoms with Gasteiger partial charge in [0.05, 0.1) is 12.8 Å². The lowest BCUT2D eigenvalue weighted by Gasteiger charge is -2.36. The number of carbonyl (C=O) groups excluding carboxylic acids is 1. The van der Waals surface area contributed by atoms with Gasteiger partial charge in [-0.2, -0.15) is 5.26 Å². The molecule has 0 spiro atoms. The number of hydrogen-bond donors (Lipinski definition) is 1. The molecule has 1 aliphatic heterocycles. The van der Waals surface area contributed by atoms with E-state index in [-0.39, 0.29) is 17.3 Å². The summed E-state index contributed by atoms with van der Waals surface area (Å²) in [7, 11) is 1.56. The molecule has 0 saturated carbocycles. The third kappa shape index (κ3) is 4.41. The second-order valence-corrected chi connectivity index (χ2v) is 6.27. The van der Waals surface area contributed by atoms with Crippen molar-refractivity contribution in [2.75, 3.05) is 43.5 Å². The lowest BCUT2D eigenvalue weighted by Crippen LogP contribution is -2.49. The quantitative estimate of drug-likeness (QED) is 0.638. The molecule has 28 heavy (non-hydrogen) atoms. The van der Waals surface area contributed by atoms with Gasteiger partial charge < -0.3 is 19.9 Å². The van der Waals surface area contributed by atoms with Crippen LogP contribution in [-0.4, -0.2) is 44.1 Å². The van der Waals surface area contributed by atoms with Crippen molar-refractivity contribution in [2.45, 2.75) is 0 Å². The van der Waals surface area contributed by atoms with Gasteiger partial charge in [-0.15, -0.1) is 0 Å². The Morgan fingerprint density at radius 2 is 1.82 bits per heavy atom. The summed E-state index contributed by atoms with van der Waals surface area (Å²) in [5, 5.41) is 12.4. The van der Waals surface area contributed by atoms with Crippen LogP contribution in [0.25, 0.3) is 0 Å². The van der Waals surface area contributed by atoms with Crippen LogP contribution in [0.4, 0.5) is 15.8 Å². The van der Waals surface area contributed by atoms with E-state index >= 15 is 0 Å². The molecule has 3 rings (SSSR count). The standard InChI is InChI=1S/C21H21FN4O2/c1-28-20-5-3-2-4-19(20)24-15-16(14-23)21(27)26-12-10-25(11-13-26)18-8-6-17(22)7-9-18/h2-9,15,24H,10-13H2,1H3/b16-15-. The van der Waals surface area contributed by atoms with Crippen molar-refractivity contribution in [1.29, 1.82) is 5.26 Å². The highest BCUT2D eigenvalue weighted by Gasteiger charge is 2.24. The molecule has 1 fully saturated rings. The van der Waals surface area contributed by atoms with E-state index in [0.29, 0.717) is 37.6 Å². The lowest BCUT2D eigenvalue weighted by atomic mass is 10.2. The number of methoxy groups -OCH3 is 1. The molecular formula is C21H21FN4O2. The molecule has 1 amide bonds. The third-order valence-corrected chi connectivity index (χ3v) is 4.59. The molecule has 1 N–H and O–H groups in total. The summed E-state index contributed by atoms with van der Waals surface area (Å²) in [6.45, 7) is 2.22. The maximum atomic E-state index is 13.1. The molecule has 0 bridgehead atoms. The van der Waals surface area contributed by atoms with Gasteiger partial charge >= 0.3 is 0 Å². The topological polar surface area (TPSA) is 68.6 Å². The smallest absolute Gasteiger partial charge is 0.266 e. The van der Waals surface area contributed by atoms with Gasteiger partial charge in [0.2, 0.25) is 0 Å². The summed E-state index contributed by atoms with van der Waals surface area (Å²) >= 11 is 0. The van der Waals surface area contributed by atoms with Crippen LogP contribution in [-0.2, 0) is 4.79 Å². The number of para-hydroxylation sites is 2. The summed E-state index contributed by atoms with van der Waals surface area (Å²) in [4.78, 5) is 16.4. The van der Waals surface area contributed by atoms with Crippen LogP contribution in [0.1, 0.15) is 0 Å². The number of ether oxygens (including phenoxy) is 1. The van der Waals surface area contributed by atoms with E-state index in [1.165, 1.54) is 18.3 Å². The number of carbonyl (C=O) groups is 1. The molecule has 0 aromatic heterocycles. The van der Waals surface area contributed by atoms with E-state index in [1.807, 2.05) is 18.2 Å². The number of rotatable bonds is 5. The molecule has 144 valence electrons. The Morgan fingerprint density at radius 1 is 1.14 bits per heavy atom. The number of amides is 1. The molecule has 0 atom stereocenters. The fraction of sp³-hybridized carbons (Fsp3) is 0.238. The number of hydrogen-bond acceptors (Lipinski definition) is 5. The number of anilines is 2. The van der Waals surface area contributed by atoms with Gasteiger partial charge in [0, 0.05) is 38.1 Å². The first-order valence-corrected chi connectivity index (χ1v) is 8.92. The third-order valence-electron chi connectivity index (χ3n) is 4.59. The largest absolute Gasteiger partial charge is 0.495 e. The van der Waals surface area contributed by atoms with Gasteiger partial charge in [-0.3, -0.25) is 4.79 Å². The monoisotopic (exact) mass is 380 g/mol. The number of nitriles is 1. The second kappa shape index (κ2) is 8.91. The molecule has 0 unspecified atom stereocenters. The van der Waals surface area contributed by atoms with Crippen molar-refractivity contribution in [3.05, 3.63) is 66.1 Å². The fourth-order valence-electron chi connectivity index (χ4n) is 3.05. The van der Waals surface area contributed by atoms with E-state index in [0.717, 1.165) is 5.69 Å². The minimum Gasteiger partial charge on any atom is -0.495 e. The Hall–Kier alpha value is -3.53. The predicted molar refractivity (Wildman–Crippen MR) is 106 cm³/mol. The highest BCUT2D eigenvalue weighted by atomic mass is 19.1. The van der Waals surface area contributed by atoms with Crippen LogP contribution in [0.5, 0.6) is 5.75 Å². The molecule has 1 saturated heterocycles. The van der Waals surface area contributed by atoms with Crippen LogP contribution >= 0.6 is 0 Å². The molecule has 1 aliphatic rings. The zero-order valence-electron chi connectivity index (χ0n) is 15.6. The van der Waals surface area contributed by atoms with Gasteiger partial charge in [0.1, 0.15) is 23.2 Å². The van der Waals surface area contributed by atoms with E-state index in [9.17, 15) is 14.4 Å². The molecule has 2 aromatic carbocycles. The number of benzene rings is 2. The Morgan fingerprint density at radius 3 is 2.46 bits per heavy atom. The predicted octanol–water partition coefficient (Wildman–Crippen LogP) is 3.00. The maximum absolute atomic E-state index is 13.1. The van der Waals surface area contributed by atoms with Crippen LogP contribution in [0.2, 0.25) is 0 Å². The lowest BCUT2D eigenvalue weighted by molar-refractivity contribution is -0.127. The first-order chi connectivity index (χ1) is 13.6. The van der Waals surface area contributed by atoms with Gasteiger partial charge in [-0.25, -0.2) is 4.39 Å². The molecule has 2 aromatic rings. The van der Waals surface area contributed by atoms with Crippen LogP contribution < -0.4 is 15.0 Å².